The SMILES string of the molecule is O=C(O)CC[C@H](NC(=O)[C@@H](CCC(=O)O)NC(=O)CN1CCN(CC(=O)O)CCN(CC(=O)O)CCN(CC(O)O)CC1)C(=O)NCCCN1Cc2cc(C(=O)N(Cc3ccccc3)Cc3ncc[nH]3)ccc2N[C@H](CC(=O)O)C1=O. The van der Waals surface area contributed by atoms with Gasteiger partial charge in [-0.15, -0.1) is 0 Å². The maximum absolute atomic E-state index is 14.2. The van der Waals surface area contributed by atoms with Crippen molar-refractivity contribution in [2.45, 2.75) is 82.6 Å². The number of nitrogens with zero attached hydrogens (tertiary/aromatic N) is 7. The van der Waals surface area contributed by atoms with Gasteiger partial charge in [-0.1, -0.05) is 30.3 Å². The molecule has 3 heterocycles. The zero-order valence-electron chi connectivity index (χ0n) is 44.7. The molecule has 2 aliphatic rings. The maximum atomic E-state index is 14.2. The van der Waals surface area contributed by atoms with E-state index >= 15 is 0 Å². The summed E-state index contributed by atoms with van der Waals surface area (Å²) in [6, 6.07) is 9.85. The second-order valence-corrected chi connectivity index (χ2v) is 19.7. The minimum Gasteiger partial charge on any atom is -0.481 e. The van der Waals surface area contributed by atoms with Crippen LogP contribution in [-0.2, 0) is 62.8 Å². The third-order valence-electron chi connectivity index (χ3n) is 13.3. The molecule has 29 heteroatoms. The number of fused-ring (bicyclic) bond motifs is 1. The number of β-amino-alcohol motifs (C(OH)–C–C–N with tert-alkyl or cyclic N) is 2. The van der Waals surface area contributed by atoms with E-state index in [1.165, 1.54) is 4.90 Å². The van der Waals surface area contributed by atoms with Gasteiger partial charge in [0.15, 0.2) is 6.29 Å². The van der Waals surface area contributed by atoms with Crippen molar-refractivity contribution in [1.82, 2.24) is 55.3 Å². The zero-order valence-corrected chi connectivity index (χ0v) is 44.7. The molecule has 2 aromatic carbocycles. The lowest BCUT2D eigenvalue weighted by Gasteiger charge is -2.33. The van der Waals surface area contributed by atoms with Gasteiger partial charge in [-0.3, -0.25) is 67.5 Å². The number of nitrogens with one attached hydrogen (secondary N) is 5. The highest BCUT2D eigenvalue weighted by atomic mass is 16.5. The van der Waals surface area contributed by atoms with Crippen LogP contribution >= 0.6 is 0 Å². The van der Waals surface area contributed by atoms with Crippen LogP contribution in [0, 0.1) is 0 Å². The molecule has 12 N–H and O–H groups in total. The lowest BCUT2D eigenvalue weighted by molar-refractivity contribution is -0.141. The molecule has 0 radical (unpaired) electrons. The van der Waals surface area contributed by atoms with Gasteiger partial charge < -0.3 is 71.8 Å². The quantitative estimate of drug-likeness (QED) is 0.0258. The third kappa shape index (κ3) is 22.5. The molecule has 3 aromatic rings. The van der Waals surface area contributed by atoms with E-state index in [1.54, 1.807) is 55.1 Å². The first-order chi connectivity index (χ1) is 38.6. The van der Waals surface area contributed by atoms with Gasteiger partial charge in [0.25, 0.3) is 5.91 Å². The molecular weight excluding hydrogens is 1060 g/mol. The lowest BCUT2D eigenvalue weighted by atomic mass is 10.1. The molecule has 0 bridgehead atoms. The summed E-state index contributed by atoms with van der Waals surface area (Å²) in [5.74, 6) is -9.17. The average Bonchev–Trinajstić information content (AvgIpc) is 3.89. The Morgan fingerprint density at radius 2 is 1.26 bits per heavy atom. The van der Waals surface area contributed by atoms with Crippen LogP contribution in [0.4, 0.5) is 5.69 Å². The van der Waals surface area contributed by atoms with E-state index < -0.39 is 123 Å². The summed E-state index contributed by atoms with van der Waals surface area (Å²) in [6.45, 7) is -0.238. The van der Waals surface area contributed by atoms with E-state index in [0.29, 0.717) is 17.1 Å². The predicted molar refractivity (Wildman–Crippen MR) is 285 cm³/mol. The fourth-order valence-corrected chi connectivity index (χ4v) is 9.25. The number of carbonyl (C=O) groups excluding carboxylic acids is 5. The van der Waals surface area contributed by atoms with Crippen LogP contribution in [0.1, 0.15) is 65.8 Å². The van der Waals surface area contributed by atoms with Gasteiger partial charge in [0.1, 0.15) is 23.9 Å². The summed E-state index contributed by atoms with van der Waals surface area (Å²) < 4.78 is 0. The van der Waals surface area contributed by atoms with Crippen LogP contribution < -0.4 is 21.3 Å². The molecule has 0 unspecified atom stereocenters. The number of rotatable bonds is 29. The van der Waals surface area contributed by atoms with Gasteiger partial charge in [0.05, 0.1) is 32.6 Å². The smallest absolute Gasteiger partial charge is 0.317 e. The normalized spacial score (nSPS) is 16.8. The van der Waals surface area contributed by atoms with Gasteiger partial charge in [-0.25, -0.2) is 4.98 Å². The van der Waals surface area contributed by atoms with Crippen molar-refractivity contribution < 1.29 is 83.7 Å². The molecule has 2 aliphatic heterocycles. The Morgan fingerprint density at radius 3 is 1.80 bits per heavy atom. The fourth-order valence-electron chi connectivity index (χ4n) is 9.25. The molecule has 5 rings (SSSR count). The standard InChI is InChI=1S/C52H72N12O17/c65-42(30-59-17-19-60(31-46(72)73)21-23-62(33-48(76)77)24-22-61(20-18-59)32-47(74)75)57-39(10-12-44(68)69)50(79)58-38(9-11-43(66)67)49(78)55-13-4-16-63-28-36-25-35(7-8-37(36)56-40(52(63)81)26-45(70)71)51(80)64(29-41-53-14-15-54-41)27-34-5-2-1-3-6-34/h1-3,5-8,14-15,25,38-40,46,56,72-73H,4,9-13,16-24,26-33H2,(H,53,54)(H,55,78)(H,57,65)(H,58,79)(H,66,67)(H,68,69)(H,70,71)(H,74,75)(H,76,77)/t38-,39+,40+/m0/s1. The average molecular weight is 1140 g/mol. The summed E-state index contributed by atoms with van der Waals surface area (Å²) in [5, 5.41) is 78.1. The Labute approximate surface area is 465 Å². The van der Waals surface area contributed by atoms with E-state index in [-0.39, 0.29) is 116 Å². The highest BCUT2D eigenvalue weighted by Gasteiger charge is 2.33. The van der Waals surface area contributed by atoms with Crippen LogP contribution in [0.15, 0.2) is 60.9 Å². The summed E-state index contributed by atoms with van der Waals surface area (Å²) >= 11 is 0. The predicted octanol–water partition coefficient (Wildman–Crippen LogP) is -2.24. The van der Waals surface area contributed by atoms with Gasteiger partial charge in [-0.05, 0) is 48.6 Å². The molecule has 0 aliphatic carbocycles. The van der Waals surface area contributed by atoms with Crippen LogP contribution in [0.25, 0.3) is 0 Å². The number of benzene rings is 2. The number of carboxylic acid groups (broad SMARTS) is 5. The molecule has 1 fully saturated rings. The zero-order chi connectivity index (χ0) is 59.0. The van der Waals surface area contributed by atoms with Gasteiger partial charge in [-0.2, -0.15) is 0 Å². The number of hydrogen-bond acceptors (Lipinski definition) is 18. The number of aromatic amines is 1. The number of hydrogen-bond donors (Lipinski definition) is 12. The fraction of sp³-hybridized carbons (Fsp3) is 0.519. The number of aliphatic hydroxyl groups is 2. The van der Waals surface area contributed by atoms with Gasteiger partial charge in [0, 0.05) is 122 Å². The number of anilines is 1. The van der Waals surface area contributed by atoms with Gasteiger partial charge >= 0.3 is 29.8 Å². The second kappa shape index (κ2) is 32.2. The highest BCUT2D eigenvalue weighted by Crippen LogP contribution is 2.27. The van der Waals surface area contributed by atoms with E-state index in [4.69, 9.17) is 0 Å². The minimum absolute atomic E-state index is 0.0377. The van der Waals surface area contributed by atoms with E-state index in [2.05, 4.69) is 31.2 Å². The van der Waals surface area contributed by atoms with Crippen LogP contribution in [0.5, 0.6) is 0 Å². The monoisotopic (exact) mass is 1140 g/mol. The number of carbonyl (C=O) groups is 10. The molecule has 3 atom stereocenters. The molecule has 0 spiro atoms. The molecular formula is C52H72N12O17. The topological polar surface area (TPSA) is 409 Å². The van der Waals surface area contributed by atoms with E-state index in [9.17, 15) is 83.7 Å². The van der Waals surface area contributed by atoms with Crippen molar-refractivity contribution in [3.05, 3.63) is 83.4 Å². The number of amides is 5. The second-order valence-electron chi connectivity index (χ2n) is 19.7. The van der Waals surface area contributed by atoms with Crippen molar-refractivity contribution in [3.63, 3.8) is 0 Å². The highest BCUT2D eigenvalue weighted by molar-refractivity contribution is 5.96. The van der Waals surface area contributed by atoms with Gasteiger partial charge in [0.2, 0.25) is 23.6 Å². The molecule has 1 saturated heterocycles. The minimum atomic E-state index is -1.76. The molecule has 29 nitrogen and oxygen atoms in total. The number of imidazole rings is 1. The summed E-state index contributed by atoms with van der Waals surface area (Å²) in [5.41, 5.74) is 2.08. The maximum Gasteiger partial charge on any atom is 0.317 e. The molecule has 442 valence electrons. The number of carboxylic acids is 5. The first-order valence-corrected chi connectivity index (χ1v) is 26.3. The summed E-state index contributed by atoms with van der Waals surface area (Å²) in [7, 11) is 0. The van der Waals surface area contributed by atoms with E-state index in [0.717, 1.165) is 5.56 Å². The number of H-pyrrole nitrogens is 1. The summed E-state index contributed by atoms with van der Waals surface area (Å²) in [6.07, 6.45) is -1.17. The third-order valence-corrected chi connectivity index (χ3v) is 13.3. The Morgan fingerprint density at radius 1 is 0.679 bits per heavy atom. The van der Waals surface area contributed by atoms with Crippen molar-refractivity contribution in [2.75, 3.05) is 96.9 Å². The van der Waals surface area contributed by atoms with Crippen LogP contribution in [-0.4, -0.2) is 251 Å². The largest absolute Gasteiger partial charge is 0.481 e. The first kappa shape index (κ1) is 63.7. The molecule has 0 saturated carbocycles. The van der Waals surface area contributed by atoms with Crippen LogP contribution in [0.3, 0.4) is 0 Å². The molecule has 5 amide bonds. The molecule has 1 aromatic heterocycles. The van der Waals surface area contributed by atoms with Crippen molar-refractivity contribution in [1.29, 1.82) is 0 Å². The van der Waals surface area contributed by atoms with Crippen LogP contribution in [0.2, 0.25) is 0 Å². The Hall–Kier alpha value is -8.09. The molecule has 81 heavy (non-hydrogen) atoms. The first-order valence-electron chi connectivity index (χ1n) is 26.3. The Kier molecular flexibility index (Phi) is 25.4. The van der Waals surface area contributed by atoms with Crippen molar-refractivity contribution in [3.8, 4) is 0 Å². The summed E-state index contributed by atoms with van der Waals surface area (Å²) in [4.78, 5) is 145. The Bertz CT molecular complexity index is 2630. The lowest BCUT2D eigenvalue weighted by Crippen LogP contribution is -2.55. The number of aliphatic carboxylic acids is 5. The van der Waals surface area contributed by atoms with Crippen molar-refractivity contribution >= 4 is 65.1 Å². The van der Waals surface area contributed by atoms with Crippen molar-refractivity contribution in [2.24, 2.45) is 0 Å². The number of aromatic nitrogens is 2. The van der Waals surface area contributed by atoms with E-state index in [1.807, 2.05) is 30.3 Å². The number of aliphatic hydroxyl groups excluding tert-OH is 1. The Balaban J connectivity index is 1.26.